The van der Waals surface area contributed by atoms with E-state index in [1.54, 1.807) is 0 Å². The maximum Gasteiger partial charge on any atom is 1.00 e. The molecule has 5 nitrogen and oxygen atoms in total. The topological polar surface area (TPSA) is 77.6 Å². The molecule has 7 heavy (non-hydrogen) atoms. The third-order valence-corrected chi connectivity index (χ3v) is 0.334. The van der Waals surface area contributed by atoms with Gasteiger partial charge in [-0.25, -0.2) is 0 Å². The molecule has 0 radical (unpaired) electrons. The first-order valence-corrected chi connectivity index (χ1v) is 1.34. The molecule has 0 fully saturated rings. The Morgan fingerprint density at radius 2 is 1.57 bits per heavy atom. The summed E-state index contributed by atoms with van der Waals surface area (Å²) in [5.41, 5.74) is 4.93. The Morgan fingerprint density at radius 3 is 1.71 bits per heavy atom. The summed E-state index contributed by atoms with van der Waals surface area (Å²) in [4.78, 5) is 0. The number of hydrogen-bond acceptors (Lipinski definition) is 5. The first-order valence-electron chi connectivity index (χ1n) is 1.34. The van der Waals surface area contributed by atoms with Gasteiger partial charge >= 0.3 is 17.1 Å². The van der Waals surface area contributed by atoms with E-state index in [2.05, 4.69) is 20.6 Å². The average Bonchev–Trinajstić information content (AvgIpc) is 1.86. The van der Waals surface area contributed by atoms with Gasteiger partial charge in [0.15, 0.2) is 0 Å². The molecule has 6 heteroatoms. The Hall–Kier alpha value is -0.611. The normalized spacial score (nSPS) is 7.43. The molecule has 0 atom stereocenters. The number of hydrogen-bond donors (Lipinski definition) is 1. The van der Waals surface area contributed by atoms with Crippen LogP contribution < -0.4 is 5.73 Å². The van der Waals surface area contributed by atoms with Gasteiger partial charge in [-0.05, 0) is 5.95 Å². The first-order chi connectivity index (χ1) is 2.89. The summed E-state index contributed by atoms with van der Waals surface area (Å²) >= 11 is 0. The van der Waals surface area contributed by atoms with E-state index in [4.69, 9.17) is 5.73 Å². The average molecular weight is 148 g/mol. The molecule has 0 saturated heterocycles. The molecule has 0 aromatic carbocycles. The Kier molecular flexibility index (Phi) is 2.32. The van der Waals surface area contributed by atoms with Gasteiger partial charge in [-0.2, -0.15) is 0 Å². The van der Waals surface area contributed by atoms with E-state index < -0.39 is 0 Å². The van der Waals surface area contributed by atoms with Crippen molar-refractivity contribution in [2.75, 3.05) is 5.73 Å². The van der Waals surface area contributed by atoms with Crippen molar-refractivity contribution >= 4 is 5.95 Å². The molecule has 0 amide bonds. The Bertz CT molecular complexity index is 112. The minimum absolute atomic E-state index is 0. The standard InChI is InChI=1S/CH2N5.Cu/c2-1-3-5-6-4-1;/h2H2;/q-1;+1. The Balaban J connectivity index is 0.000000360. The largest absolute Gasteiger partial charge is 1.00 e. The van der Waals surface area contributed by atoms with E-state index in [0.717, 1.165) is 0 Å². The molecule has 0 aliphatic rings. The predicted molar refractivity (Wildman–Crippen MR) is 17.6 cm³/mol. The smallest absolute Gasteiger partial charge is 0.518 e. The summed E-state index contributed by atoms with van der Waals surface area (Å²) < 4.78 is 0. The van der Waals surface area contributed by atoms with Crippen molar-refractivity contribution in [3.8, 4) is 0 Å². The summed E-state index contributed by atoms with van der Waals surface area (Å²) in [6.45, 7) is 0. The van der Waals surface area contributed by atoms with Crippen LogP contribution in [-0.4, -0.2) is 20.6 Å². The van der Waals surface area contributed by atoms with E-state index >= 15 is 0 Å². The molecule has 0 aliphatic heterocycles. The molecule has 1 rings (SSSR count). The third-order valence-electron chi connectivity index (χ3n) is 0.334. The third kappa shape index (κ3) is 1.52. The molecule has 0 spiro atoms. The van der Waals surface area contributed by atoms with Crippen molar-refractivity contribution in [3.05, 3.63) is 0 Å². The van der Waals surface area contributed by atoms with Crippen LogP contribution in [0.3, 0.4) is 0 Å². The van der Waals surface area contributed by atoms with Crippen LogP contribution in [0, 0.1) is 0 Å². The van der Waals surface area contributed by atoms with Crippen LogP contribution >= 0.6 is 0 Å². The fourth-order valence-corrected chi connectivity index (χ4v) is 0.152. The Labute approximate surface area is 50.1 Å². The molecule has 1 heterocycles. The molecule has 0 unspecified atom stereocenters. The monoisotopic (exact) mass is 147 g/mol. The van der Waals surface area contributed by atoms with E-state index in [1.165, 1.54) is 0 Å². The van der Waals surface area contributed by atoms with Crippen molar-refractivity contribution < 1.29 is 17.1 Å². The molecular formula is CH2CuN5. The zero-order chi connectivity index (χ0) is 4.41. The number of rotatable bonds is 0. The zero-order valence-corrected chi connectivity index (χ0v) is 4.11. The minimum Gasteiger partial charge on any atom is -0.518 e. The summed E-state index contributed by atoms with van der Waals surface area (Å²) in [7, 11) is 0. The van der Waals surface area contributed by atoms with Crippen LogP contribution in [0.25, 0.3) is 0 Å². The van der Waals surface area contributed by atoms with Crippen LogP contribution in [0.1, 0.15) is 0 Å². The molecule has 1 aromatic rings. The van der Waals surface area contributed by atoms with Crippen LogP contribution in [-0.2, 0) is 17.1 Å². The molecule has 1 aromatic heterocycles. The SMILES string of the molecule is N[c-]1nnnn1.[Cu+]. The van der Waals surface area contributed by atoms with E-state index in [1.807, 2.05) is 0 Å². The molecule has 0 bridgehead atoms. The second kappa shape index (κ2) is 2.54. The summed E-state index contributed by atoms with van der Waals surface area (Å²) in [6, 6.07) is 0. The summed E-state index contributed by atoms with van der Waals surface area (Å²) in [6.07, 6.45) is 0. The van der Waals surface area contributed by atoms with Crippen molar-refractivity contribution in [3.63, 3.8) is 0 Å². The van der Waals surface area contributed by atoms with E-state index in [9.17, 15) is 0 Å². The molecule has 0 saturated carbocycles. The van der Waals surface area contributed by atoms with Gasteiger partial charge in [0.1, 0.15) is 0 Å². The number of nitrogen functional groups attached to an aromatic ring is 1. The van der Waals surface area contributed by atoms with Gasteiger partial charge in [0.05, 0.1) is 0 Å². The van der Waals surface area contributed by atoms with Crippen LogP contribution in [0.15, 0.2) is 0 Å². The van der Waals surface area contributed by atoms with E-state index in [-0.39, 0.29) is 23.0 Å². The zero-order valence-electron chi connectivity index (χ0n) is 3.17. The van der Waals surface area contributed by atoms with Gasteiger partial charge in [0, 0.05) is 0 Å². The van der Waals surface area contributed by atoms with Crippen molar-refractivity contribution in [1.82, 2.24) is 20.6 Å². The van der Waals surface area contributed by atoms with Gasteiger partial charge in [-0.15, -0.1) is 0 Å². The first kappa shape index (κ1) is 6.39. The van der Waals surface area contributed by atoms with Crippen LogP contribution in [0.4, 0.5) is 5.95 Å². The van der Waals surface area contributed by atoms with Crippen molar-refractivity contribution in [1.29, 1.82) is 0 Å². The van der Waals surface area contributed by atoms with Gasteiger partial charge in [-0.3, -0.25) is 10.2 Å². The molecule has 42 valence electrons. The molecule has 2 N–H and O–H groups in total. The van der Waals surface area contributed by atoms with Crippen molar-refractivity contribution in [2.24, 2.45) is 0 Å². The summed E-state index contributed by atoms with van der Waals surface area (Å²) in [5.74, 6) is 0.120. The molecular weight excluding hydrogens is 146 g/mol. The maximum atomic E-state index is 4.93. The number of anilines is 1. The Morgan fingerprint density at radius 1 is 1.14 bits per heavy atom. The van der Waals surface area contributed by atoms with Crippen LogP contribution in [0.5, 0.6) is 0 Å². The fourth-order valence-electron chi connectivity index (χ4n) is 0.152. The van der Waals surface area contributed by atoms with Gasteiger partial charge in [0.25, 0.3) is 0 Å². The number of tetrazole rings is 1. The summed E-state index contributed by atoms with van der Waals surface area (Å²) in [5, 5.41) is 12.6. The predicted octanol–water partition coefficient (Wildman–Crippen LogP) is -1.43. The van der Waals surface area contributed by atoms with Gasteiger partial charge in [-0.1, -0.05) is 10.4 Å². The molecule has 0 aliphatic carbocycles. The van der Waals surface area contributed by atoms with Crippen molar-refractivity contribution in [2.45, 2.75) is 0 Å². The second-order valence-electron chi connectivity index (χ2n) is 0.737. The van der Waals surface area contributed by atoms with Gasteiger partial charge < -0.3 is 5.73 Å². The minimum atomic E-state index is 0. The van der Waals surface area contributed by atoms with E-state index in [0.29, 0.717) is 0 Å². The second-order valence-corrected chi connectivity index (χ2v) is 0.737. The van der Waals surface area contributed by atoms with Crippen LogP contribution in [0.2, 0.25) is 0 Å². The number of aromatic nitrogens is 4. The maximum absolute atomic E-state index is 4.93. The van der Waals surface area contributed by atoms with Gasteiger partial charge in [0.2, 0.25) is 0 Å². The number of nitrogens with two attached hydrogens (primary N) is 1. The number of nitrogens with zero attached hydrogens (tertiary/aromatic N) is 4. The fraction of sp³-hybridized carbons (Fsp3) is 0. The quantitative estimate of drug-likeness (QED) is 0.360.